The van der Waals surface area contributed by atoms with E-state index in [0.29, 0.717) is 26.1 Å². The second-order valence-electron chi connectivity index (χ2n) is 28.1. The molecule has 0 spiro atoms. The highest BCUT2D eigenvalue weighted by atomic mass is 16.3. The molecule has 0 radical (unpaired) electrons. The first-order chi connectivity index (χ1) is 42.6. The number of aliphatic hydroxyl groups is 1. The lowest BCUT2D eigenvalue weighted by Crippen LogP contribution is -2.64. The molecule has 1 aliphatic heterocycles. The van der Waals surface area contributed by atoms with Gasteiger partial charge >= 0.3 is 0 Å². The summed E-state index contributed by atoms with van der Waals surface area (Å²) in [6.45, 7) is 35.6. The fourth-order valence-corrected chi connectivity index (χ4v) is 12.0. The Kier molecular flexibility index (Phi) is 35.4. The van der Waals surface area contributed by atoms with Gasteiger partial charge in [-0.1, -0.05) is 123 Å². The monoisotopic (exact) mass is 1300 g/mol. The fourth-order valence-electron chi connectivity index (χ4n) is 12.0. The molecule has 0 aromatic heterocycles. The van der Waals surface area contributed by atoms with Crippen molar-refractivity contribution in [1.29, 1.82) is 0 Å². The SMILES string of the molecule is C/C=C/C[C@@H](C)[C@@H](O)C1C(=O)N[C@@H](CC)C(=O)N(C)[C@H](CCN(CC)CC)C(=O)N(C)[C@@H](CC(C)C)C(=O)N[C@H](C(C)C)C(=O)N(C)[C@H](CC(C)C)C(=O)N[C@H](C)C(=O)N[C@@H](C)C(=O)N(C)[C@@H](CC(C)C)C(=O)N(C)[C@@H](CC(C)C)C(=O)N(C)[C@@H](C(C)C)C(=O)N1C. The predicted octanol–water partition coefficient (Wildman–Crippen LogP) is 4.37. The molecular formula is C68H124N12O12. The molecule has 0 bridgehead atoms. The van der Waals surface area contributed by atoms with Crippen LogP contribution in [-0.4, -0.2) is 251 Å². The molecule has 1 unspecified atom stereocenters. The Labute approximate surface area is 552 Å². The number of nitrogens with zero attached hydrogens (tertiary/aromatic N) is 8. The molecule has 1 fully saturated rings. The highest BCUT2D eigenvalue weighted by Gasteiger charge is 2.46. The van der Waals surface area contributed by atoms with E-state index in [1.165, 1.54) is 92.6 Å². The van der Waals surface area contributed by atoms with Gasteiger partial charge in [-0.15, -0.1) is 0 Å². The van der Waals surface area contributed by atoms with Crippen molar-refractivity contribution in [3.05, 3.63) is 12.2 Å². The van der Waals surface area contributed by atoms with Gasteiger partial charge < -0.3 is 65.6 Å². The van der Waals surface area contributed by atoms with Gasteiger partial charge in [-0.25, -0.2) is 0 Å². The highest BCUT2D eigenvalue weighted by Crippen LogP contribution is 2.26. The van der Waals surface area contributed by atoms with Crippen molar-refractivity contribution in [3.8, 4) is 0 Å². The van der Waals surface area contributed by atoms with Crippen molar-refractivity contribution < 1.29 is 57.8 Å². The van der Waals surface area contributed by atoms with E-state index in [9.17, 15) is 29.1 Å². The van der Waals surface area contributed by atoms with Crippen LogP contribution in [0, 0.1) is 41.4 Å². The van der Waals surface area contributed by atoms with Gasteiger partial charge in [-0.3, -0.25) is 52.7 Å². The standard InChI is InChI=1S/C68H124N12O12/c1-27-31-32-45(17)57(81)56-61(85)71-48(28-2)63(87)73(20)49(33-34-80(29-3)30-4)64(88)74(21)51(36-40(7)8)60(84)72-54(43(13)14)67(91)75(22)50(35-39(5)6)59(83)69-46(18)58(82)70-47(19)62(86)76(23)52(37-41(9)10)65(89)77(24)53(38-42(11)12)66(90)78(25)55(44(15)16)68(92)79(56)26/h27,31,39-57,81H,28-30,32-38H2,1-26H3,(H,69,83)(H,70,82)(H,71,85)(H,72,84)/b31-27+/t45-,46-,47+,48+,49-,50-,51+,52+,53+,54-,55+,56?,57-/m1/s1. The van der Waals surface area contributed by atoms with E-state index in [1.54, 1.807) is 47.6 Å². The van der Waals surface area contributed by atoms with Crippen LogP contribution in [0.2, 0.25) is 0 Å². The smallest absolute Gasteiger partial charge is 0.246 e. The van der Waals surface area contributed by atoms with E-state index in [2.05, 4.69) is 26.2 Å². The van der Waals surface area contributed by atoms with Gasteiger partial charge in [0.15, 0.2) is 0 Å². The Hall–Kier alpha value is -6.17. The Bertz CT molecular complexity index is 2480. The summed E-state index contributed by atoms with van der Waals surface area (Å²) in [4.78, 5) is 175. The molecule has 11 amide bonds. The van der Waals surface area contributed by atoms with Crippen LogP contribution in [0.3, 0.4) is 0 Å². The van der Waals surface area contributed by atoms with Crippen molar-refractivity contribution in [3.63, 3.8) is 0 Å². The van der Waals surface area contributed by atoms with Crippen molar-refractivity contribution >= 4 is 65.0 Å². The van der Waals surface area contributed by atoms with E-state index in [4.69, 9.17) is 0 Å². The number of hydrogen-bond donors (Lipinski definition) is 5. The number of nitrogens with one attached hydrogen (secondary N) is 4. The molecule has 1 rings (SSSR count). The average Bonchev–Trinajstić information content (AvgIpc) is 0.822. The molecule has 528 valence electrons. The molecule has 13 atom stereocenters. The third-order valence-corrected chi connectivity index (χ3v) is 18.0. The molecule has 5 N–H and O–H groups in total. The normalized spacial score (nSPS) is 26.7. The van der Waals surface area contributed by atoms with Crippen LogP contribution in [0.15, 0.2) is 12.2 Å². The fraction of sp³-hybridized carbons (Fsp3) is 0.809. The molecule has 92 heavy (non-hydrogen) atoms. The summed E-state index contributed by atoms with van der Waals surface area (Å²) in [5.41, 5.74) is 0. The first-order valence-electron chi connectivity index (χ1n) is 33.7. The zero-order valence-electron chi connectivity index (χ0n) is 61.2. The van der Waals surface area contributed by atoms with Crippen LogP contribution in [0.4, 0.5) is 0 Å². The van der Waals surface area contributed by atoms with Gasteiger partial charge in [0.2, 0.25) is 65.0 Å². The molecule has 0 aromatic carbocycles. The van der Waals surface area contributed by atoms with E-state index in [-0.39, 0.29) is 62.2 Å². The number of hydrogen-bond acceptors (Lipinski definition) is 13. The molecule has 1 heterocycles. The van der Waals surface area contributed by atoms with Crippen molar-refractivity contribution in [2.24, 2.45) is 41.4 Å². The Morgan fingerprint density at radius 3 is 1.26 bits per heavy atom. The Morgan fingerprint density at radius 1 is 0.435 bits per heavy atom. The Morgan fingerprint density at radius 2 is 0.826 bits per heavy atom. The summed E-state index contributed by atoms with van der Waals surface area (Å²) in [7, 11) is 10.1. The van der Waals surface area contributed by atoms with Gasteiger partial charge in [0.1, 0.15) is 66.5 Å². The third-order valence-electron chi connectivity index (χ3n) is 18.0. The van der Waals surface area contributed by atoms with E-state index in [1.807, 2.05) is 82.2 Å². The summed E-state index contributed by atoms with van der Waals surface area (Å²) in [6, 6.07) is -13.7. The summed E-state index contributed by atoms with van der Waals surface area (Å²) < 4.78 is 0. The maximum absolute atomic E-state index is 15.3. The van der Waals surface area contributed by atoms with Crippen molar-refractivity contribution in [1.82, 2.24) is 60.5 Å². The van der Waals surface area contributed by atoms with Gasteiger partial charge in [0, 0.05) is 55.9 Å². The lowest BCUT2D eigenvalue weighted by Gasteiger charge is -2.41. The molecule has 0 saturated carbocycles. The summed E-state index contributed by atoms with van der Waals surface area (Å²) in [5, 5.41) is 23.5. The van der Waals surface area contributed by atoms with E-state index >= 15 is 28.8 Å². The maximum atomic E-state index is 15.3. The second kappa shape index (κ2) is 38.9. The predicted molar refractivity (Wildman–Crippen MR) is 360 cm³/mol. The van der Waals surface area contributed by atoms with Crippen LogP contribution >= 0.6 is 0 Å². The summed E-state index contributed by atoms with van der Waals surface area (Å²) in [6.07, 6.45) is 3.12. The van der Waals surface area contributed by atoms with Crippen LogP contribution in [0.1, 0.15) is 176 Å². The zero-order valence-corrected chi connectivity index (χ0v) is 61.2. The number of carbonyl (C=O) groups is 11. The second-order valence-corrected chi connectivity index (χ2v) is 28.1. The number of aliphatic hydroxyl groups excluding tert-OH is 1. The number of allylic oxidation sites excluding steroid dienone is 2. The number of amides is 11. The van der Waals surface area contributed by atoms with Gasteiger partial charge in [-0.2, -0.15) is 0 Å². The number of carbonyl (C=O) groups excluding carboxylic acids is 11. The molecule has 24 heteroatoms. The topological polar surface area (TPSA) is 282 Å². The largest absolute Gasteiger partial charge is 0.390 e. The molecule has 1 saturated heterocycles. The average molecular weight is 1300 g/mol. The first-order valence-corrected chi connectivity index (χ1v) is 33.7. The van der Waals surface area contributed by atoms with Gasteiger partial charge in [0.25, 0.3) is 0 Å². The van der Waals surface area contributed by atoms with Gasteiger partial charge in [0.05, 0.1) is 6.10 Å². The number of likely N-dealkylation sites (N-methyl/N-ethyl adjacent to an activating group) is 7. The lowest BCUT2D eigenvalue weighted by molar-refractivity contribution is -0.157. The summed E-state index contributed by atoms with van der Waals surface area (Å²) >= 11 is 0. The van der Waals surface area contributed by atoms with Crippen LogP contribution in [-0.2, 0) is 52.7 Å². The van der Waals surface area contributed by atoms with Crippen LogP contribution < -0.4 is 21.3 Å². The number of rotatable bonds is 20. The molecule has 0 aliphatic carbocycles. The minimum Gasteiger partial charge on any atom is -0.390 e. The van der Waals surface area contributed by atoms with Crippen molar-refractivity contribution in [2.75, 3.05) is 69.0 Å². The quantitative estimate of drug-likeness (QED) is 0.106. The van der Waals surface area contributed by atoms with E-state index < -0.39 is 155 Å². The molecule has 24 nitrogen and oxygen atoms in total. The first kappa shape index (κ1) is 83.8. The Balaban J connectivity index is 4.55. The summed E-state index contributed by atoms with van der Waals surface area (Å²) in [5.74, 6) is -9.70. The highest BCUT2D eigenvalue weighted by molar-refractivity contribution is 6.00. The molecular weight excluding hydrogens is 1180 g/mol. The van der Waals surface area contributed by atoms with Crippen molar-refractivity contribution in [2.45, 2.75) is 249 Å². The van der Waals surface area contributed by atoms with Crippen LogP contribution in [0.5, 0.6) is 0 Å². The zero-order chi connectivity index (χ0) is 71.3. The third kappa shape index (κ3) is 23.4. The minimum absolute atomic E-state index is 0.0117. The minimum atomic E-state index is -1.63. The molecule has 0 aromatic rings. The van der Waals surface area contributed by atoms with Gasteiger partial charge in [-0.05, 0) is 120 Å². The lowest BCUT2D eigenvalue weighted by atomic mass is 9.91. The van der Waals surface area contributed by atoms with E-state index in [0.717, 1.165) is 4.90 Å². The maximum Gasteiger partial charge on any atom is 0.246 e. The molecule has 1 aliphatic rings. The van der Waals surface area contributed by atoms with Crippen LogP contribution in [0.25, 0.3) is 0 Å².